The summed E-state index contributed by atoms with van der Waals surface area (Å²) >= 11 is 0. The van der Waals surface area contributed by atoms with Gasteiger partial charge in [-0.2, -0.15) is 79.0 Å². The molecule has 22 heteroatoms. The van der Waals surface area contributed by atoms with Gasteiger partial charge < -0.3 is 14.6 Å². The highest BCUT2D eigenvalue weighted by Crippen LogP contribution is 2.55. The molecule has 286 valence electrons. The molecule has 4 nitrogen and oxygen atoms in total. The Kier molecular flexibility index (Phi) is 14.3. The summed E-state index contributed by atoms with van der Waals surface area (Å²) in [5.74, 6) is -40.6. The molecule has 0 bridgehead atoms. The number of carbonyl (C=O) groups is 1. The molecule has 1 rings (SSSR count). The SMILES string of the molecule is O=C(O)c1ccc(OCCCCCCC(F)(F)C(F)(F)C(F)(F)C(F)(F)F)c(OCCCCCCC(F)(F)C(F)(F)C(F)(F)C(F)(F)F)c1. The predicted octanol–water partition coefficient (Wildman–Crippen LogP) is 11.0. The van der Waals surface area contributed by atoms with Gasteiger partial charge in [0.05, 0.1) is 18.8 Å². The largest absolute Gasteiger partial charge is 0.490 e. The molecule has 1 aromatic rings. The van der Waals surface area contributed by atoms with Crippen LogP contribution in [0.2, 0.25) is 0 Å². The third-order valence-electron chi connectivity index (χ3n) is 6.90. The molecule has 0 saturated heterocycles. The van der Waals surface area contributed by atoms with E-state index in [0.717, 1.165) is 18.2 Å². The van der Waals surface area contributed by atoms with Crippen LogP contribution in [0.3, 0.4) is 0 Å². The fourth-order valence-corrected chi connectivity index (χ4v) is 3.97. The number of ether oxygens (including phenoxy) is 2. The topological polar surface area (TPSA) is 55.8 Å². The standard InChI is InChI=1S/C27H28F18O4/c28-20(29,22(32,33)24(36,37)26(40,41)42)11-5-1-3-7-13-48-17-10-9-16(19(46)47)15-18(17)49-14-8-4-2-6-12-21(30,31)23(34,35)25(38,39)27(43,44)45/h9-10,15H,1-8,11-14H2,(H,46,47). The summed E-state index contributed by atoms with van der Waals surface area (Å²) in [7, 11) is 0. The van der Waals surface area contributed by atoms with Crippen molar-refractivity contribution >= 4 is 5.97 Å². The Morgan fingerprint density at radius 1 is 0.490 bits per heavy atom. The van der Waals surface area contributed by atoms with E-state index in [-0.39, 0.29) is 68.8 Å². The third-order valence-corrected chi connectivity index (χ3v) is 6.90. The Labute approximate surface area is 265 Å². The number of carboxylic acid groups (broad SMARTS) is 1. The second-order valence-corrected chi connectivity index (χ2v) is 10.7. The molecule has 49 heavy (non-hydrogen) atoms. The van der Waals surface area contributed by atoms with Gasteiger partial charge in [-0.25, -0.2) is 4.79 Å². The van der Waals surface area contributed by atoms with Crippen molar-refractivity contribution in [3.63, 3.8) is 0 Å². The van der Waals surface area contributed by atoms with Gasteiger partial charge in [0.1, 0.15) is 0 Å². The maximum atomic E-state index is 13.6. The van der Waals surface area contributed by atoms with Crippen molar-refractivity contribution in [1.82, 2.24) is 0 Å². The maximum Gasteiger partial charge on any atom is 0.460 e. The number of hydrogen-bond acceptors (Lipinski definition) is 3. The van der Waals surface area contributed by atoms with Gasteiger partial charge in [0, 0.05) is 12.8 Å². The van der Waals surface area contributed by atoms with Crippen LogP contribution in [0.15, 0.2) is 18.2 Å². The van der Waals surface area contributed by atoms with Gasteiger partial charge in [0.25, 0.3) is 0 Å². The third kappa shape index (κ3) is 10.3. The Hall–Kier alpha value is -2.97. The van der Waals surface area contributed by atoms with Crippen LogP contribution in [0.5, 0.6) is 11.5 Å². The van der Waals surface area contributed by atoms with E-state index in [1.54, 1.807) is 0 Å². The van der Waals surface area contributed by atoms with Crippen molar-refractivity contribution < 1.29 is 98.4 Å². The summed E-state index contributed by atoms with van der Waals surface area (Å²) in [6.45, 7) is -0.557. The number of hydrogen-bond donors (Lipinski definition) is 1. The molecule has 0 spiro atoms. The monoisotopic (exact) mass is 758 g/mol. The summed E-state index contributed by atoms with van der Waals surface area (Å²) in [6, 6.07) is 3.14. The van der Waals surface area contributed by atoms with E-state index >= 15 is 0 Å². The van der Waals surface area contributed by atoms with Crippen molar-refractivity contribution in [1.29, 1.82) is 0 Å². The van der Waals surface area contributed by atoms with Gasteiger partial charge >= 0.3 is 53.9 Å². The Bertz CT molecular complexity index is 1210. The van der Waals surface area contributed by atoms with Crippen molar-refractivity contribution in [2.24, 2.45) is 0 Å². The molecule has 0 aromatic heterocycles. The van der Waals surface area contributed by atoms with Gasteiger partial charge in [-0.3, -0.25) is 0 Å². The molecule has 0 radical (unpaired) electrons. The molecular formula is C27H28F18O4. The summed E-state index contributed by atoms with van der Waals surface area (Å²) < 4.78 is 243. The van der Waals surface area contributed by atoms with E-state index in [0.29, 0.717) is 0 Å². The van der Waals surface area contributed by atoms with Gasteiger partial charge in [-0.05, 0) is 43.9 Å². The average Bonchev–Trinajstić information content (AvgIpc) is 2.94. The molecule has 0 aliphatic carbocycles. The van der Waals surface area contributed by atoms with Crippen molar-refractivity contribution in [3.05, 3.63) is 23.8 Å². The number of unbranched alkanes of at least 4 members (excludes halogenated alkanes) is 6. The number of benzene rings is 1. The smallest absolute Gasteiger partial charge is 0.460 e. The molecule has 0 heterocycles. The highest BCUT2D eigenvalue weighted by molar-refractivity contribution is 5.88. The van der Waals surface area contributed by atoms with E-state index < -0.39 is 79.5 Å². The number of rotatable bonds is 21. The van der Waals surface area contributed by atoms with Gasteiger partial charge in [0.2, 0.25) is 0 Å². The Morgan fingerprint density at radius 3 is 1.18 bits per heavy atom. The molecule has 0 fully saturated rings. The molecule has 0 saturated carbocycles. The fraction of sp³-hybridized carbons (Fsp3) is 0.741. The minimum Gasteiger partial charge on any atom is -0.490 e. The van der Waals surface area contributed by atoms with Crippen LogP contribution in [0.1, 0.15) is 74.6 Å². The Morgan fingerprint density at radius 2 is 0.837 bits per heavy atom. The second-order valence-electron chi connectivity index (χ2n) is 10.7. The number of alkyl halides is 18. The molecule has 1 aromatic carbocycles. The highest BCUT2D eigenvalue weighted by atomic mass is 19.4. The lowest BCUT2D eigenvalue weighted by molar-refractivity contribution is -0.396. The van der Waals surface area contributed by atoms with Gasteiger partial charge in [-0.1, -0.05) is 25.7 Å². The minimum absolute atomic E-state index is 0.0145. The molecule has 0 aliphatic rings. The summed E-state index contributed by atoms with van der Waals surface area (Å²) in [5, 5.41) is 9.16. The zero-order valence-electron chi connectivity index (χ0n) is 24.7. The van der Waals surface area contributed by atoms with Crippen molar-refractivity contribution in [2.45, 2.75) is 112 Å². The number of halogens is 18. The van der Waals surface area contributed by atoms with Gasteiger partial charge in [-0.15, -0.1) is 0 Å². The summed E-state index contributed by atoms with van der Waals surface area (Å²) in [5.41, 5.74) is -0.324. The van der Waals surface area contributed by atoms with Crippen LogP contribution in [0, 0.1) is 0 Å². The maximum absolute atomic E-state index is 13.6. The lowest BCUT2D eigenvalue weighted by atomic mass is 9.98. The zero-order chi connectivity index (χ0) is 38.3. The van der Waals surface area contributed by atoms with Crippen LogP contribution >= 0.6 is 0 Å². The number of carboxylic acids is 1. The molecule has 0 atom stereocenters. The van der Waals surface area contributed by atoms with E-state index in [1.165, 1.54) is 0 Å². The van der Waals surface area contributed by atoms with Crippen molar-refractivity contribution in [3.8, 4) is 11.5 Å². The lowest BCUT2D eigenvalue weighted by Crippen LogP contribution is -2.60. The first-order chi connectivity index (χ1) is 22.0. The second kappa shape index (κ2) is 15.9. The van der Waals surface area contributed by atoms with E-state index in [9.17, 15) is 83.8 Å². The molecule has 0 aliphatic heterocycles. The van der Waals surface area contributed by atoms with Crippen LogP contribution < -0.4 is 9.47 Å². The normalized spacial score (nSPS) is 14.2. The van der Waals surface area contributed by atoms with E-state index in [1.807, 2.05) is 0 Å². The molecule has 1 N–H and O–H groups in total. The lowest BCUT2D eigenvalue weighted by Gasteiger charge is -2.33. The van der Waals surface area contributed by atoms with Crippen LogP contribution in [0.25, 0.3) is 0 Å². The van der Waals surface area contributed by atoms with Crippen LogP contribution in [-0.4, -0.2) is 72.2 Å². The van der Waals surface area contributed by atoms with Gasteiger partial charge in [0.15, 0.2) is 11.5 Å². The summed E-state index contributed by atoms with van der Waals surface area (Å²) in [4.78, 5) is 11.3. The first kappa shape index (κ1) is 44.1. The van der Waals surface area contributed by atoms with Crippen molar-refractivity contribution in [2.75, 3.05) is 13.2 Å². The van der Waals surface area contributed by atoms with Crippen LogP contribution in [-0.2, 0) is 0 Å². The molecular weight excluding hydrogens is 730 g/mol. The minimum atomic E-state index is -7.00. The first-order valence-corrected chi connectivity index (χ1v) is 14.0. The van der Waals surface area contributed by atoms with E-state index in [4.69, 9.17) is 14.6 Å². The Balaban J connectivity index is 2.60. The highest BCUT2D eigenvalue weighted by Gasteiger charge is 2.82. The zero-order valence-corrected chi connectivity index (χ0v) is 24.7. The predicted molar refractivity (Wildman–Crippen MR) is 132 cm³/mol. The van der Waals surface area contributed by atoms with Crippen LogP contribution in [0.4, 0.5) is 79.0 Å². The average molecular weight is 758 g/mol. The fourth-order valence-electron chi connectivity index (χ4n) is 3.97. The number of aromatic carboxylic acids is 1. The first-order valence-electron chi connectivity index (χ1n) is 14.0. The quantitative estimate of drug-likeness (QED) is 0.100. The van der Waals surface area contributed by atoms with E-state index in [2.05, 4.69) is 0 Å². The molecule has 0 amide bonds. The summed E-state index contributed by atoms with van der Waals surface area (Å²) in [6.07, 6.45) is -20.5. The molecule has 0 unspecified atom stereocenters.